The molecule has 3 rings (SSSR count). The predicted molar refractivity (Wildman–Crippen MR) is 127 cm³/mol. The molecule has 9 heteroatoms. The third-order valence-electron chi connectivity index (χ3n) is 4.24. The summed E-state index contributed by atoms with van der Waals surface area (Å²) in [6, 6.07) is 15.0. The Hall–Kier alpha value is -2.10. The van der Waals surface area contributed by atoms with Crippen LogP contribution in [0.15, 0.2) is 57.5 Å². The Bertz CT molecular complexity index is 1010. The highest BCUT2D eigenvalue weighted by Gasteiger charge is 2.17. The lowest BCUT2D eigenvalue weighted by Gasteiger charge is -2.22. The van der Waals surface area contributed by atoms with E-state index in [9.17, 15) is 9.59 Å². The zero-order valence-corrected chi connectivity index (χ0v) is 20.3. The molecule has 0 atom stereocenters. The van der Waals surface area contributed by atoms with Crippen molar-refractivity contribution in [3.8, 4) is 10.6 Å². The van der Waals surface area contributed by atoms with E-state index in [2.05, 4.69) is 47.4 Å². The quantitative estimate of drug-likeness (QED) is 0.395. The third kappa shape index (κ3) is 6.20. The largest absolute Gasteiger partial charge is 0.338 e. The number of benzene rings is 2. The summed E-state index contributed by atoms with van der Waals surface area (Å²) >= 11 is 8.09. The van der Waals surface area contributed by atoms with Crippen LogP contribution in [0.1, 0.15) is 30.1 Å². The van der Waals surface area contributed by atoms with Crippen LogP contribution in [0.25, 0.3) is 10.6 Å². The van der Waals surface area contributed by atoms with Gasteiger partial charge >= 0.3 is 0 Å². The minimum absolute atomic E-state index is 0.0782. The number of nitrogens with zero attached hydrogens (tertiary/aromatic N) is 3. The maximum absolute atomic E-state index is 12.8. The Balaban J connectivity index is 1.57. The Morgan fingerprint density at radius 3 is 2.23 bits per heavy atom. The molecule has 1 aromatic heterocycles. The van der Waals surface area contributed by atoms with E-state index in [-0.39, 0.29) is 18.2 Å². The first-order valence-electron chi connectivity index (χ1n) is 9.40. The van der Waals surface area contributed by atoms with Crippen LogP contribution in [0.5, 0.6) is 0 Å². The molecule has 2 aromatic carbocycles. The molecule has 1 heterocycles. The normalized spacial score (nSPS) is 10.6. The van der Waals surface area contributed by atoms with Gasteiger partial charge in [0, 0.05) is 39.6 Å². The summed E-state index contributed by atoms with van der Waals surface area (Å²) in [5.74, 6) is -0.274. The van der Waals surface area contributed by atoms with Gasteiger partial charge in [-0.1, -0.05) is 62.3 Å². The van der Waals surface area contributed by atoms with Crippen LogP contribution in [0.4, 0.5) is 5.13 Å². The fourth-order valence-electron chi connectivity index (χ4n) is 2.76. The molecule has 3 aromatic rings. The predicted octanol–water partition coefficient (Wildman–Crippen LogP) is 5.61. The van der Waals surface area contributed by atoms with Crippen molar-refractivity contribution < 1.29 is 9.59 Å². The number of carbonyl (C=O) groups excluding carboxylic acids is 2. The number of hydrogen-bond donors (Lipinski definition) is 1. The fraction of sp³-hybridized carbons (Fsp3) is 0.238. The lowest BCUT2D eigenvalue weighted by Crippen LogP contribution is -2.34. The van der Waals surface area contributed by atoms with Gasteiger partial charge in [-0.15, -0.1) is 10.2 Å². The average Bonchev–Trinajstić information content (AvgIpc) is 3.20. The topological polar surface area (TPSA) is 75.2 Å². The molecule has 6 nitrogen and oxygen atoms in total. The SMILES string of the molecule is CCCN(CCC(=O)Nc1nnc(-c2ccc(Br)cc2)s1)C(=O)c1ccc(Br)cc1. The second-order valence-electron chi connectivity index (χ2n) is 6.52. The molecule has 0 bridgehead atoms. The van der Waals surface area contributed by atoms with Gasteiger partial charge in [0.15, 0.2) is 0 Å². The fourth-order valence-corrected chi connectivity index (χ4v) is 4.05. The van der Waals surface area contributed by atoms with E-state index in [1.165, 1.54) is 11.3 Å². The van der Waals surface area contributed by atoms with Gasteiger partial charge in [0.25, 0.3) is 5.91 Å². The zero-order valence-electron chi connectivity index (χ0n) is 16.3. The first-order valence-corrected chi connectivity index (χ1v) is 11.8. The van der Waals surface area contributed by atoms with Crippen LogP contribution in [-0.4, -0.2) is 40.0 Å². The summed E-state index contributed by atoms with van der Waals surface area (Å²) < 4.78 is 1.90. The highest BCUT2D eigenvalue weighted by molar-refractivity contribution is 9.10. The number of anilines is 1. The molecular formula is C21H20Br2N4O2S. The van der Waals surface area contributed by atoms with Crippen LogP contribution in [-0.2, 0) is 4.79 Å². The molecule has 0 aliphatic rings. The van der Waals surface area contributed by atoms with Crippen LogP contribution < -0.4 is 5.32 Å². The molecule has 0 saturated carbocycles. The van der Waals surface area contributed by atoms with E-state index in [1.807, 2.05) is 43.3 Å². The molecule has 0 unspecified atom stereocenters. The van der Waals surface area contributed by atoms with E-state index in [0.717, 1.165) is 25.9 Å². The first-order chi connectivity index (χ1) is 14.5. The van der Waals surface area contributed by atoms with Crippen molar-refractivity contribution in [3.05, 3.63) is 63.0 Å². The van der Waals surface area contributed by atoms with Crippen molar-refractivity contribution in [1.82, 2.24) is 15.1 Å². The number of nitrogens with one attached hydrogen (secondary N) is 1. The van der Waals surface area contributed by atoms with Gasteiger partial charge in [-0.25, -0.2) is 0 Å². The van der Waals surface area contributed by atoms with E-state index in [0.29, 0.717) is 23.8 Å². The van der Waals surface area contributed by atoms with Crippen molar-refractivity contribution in [2.45, 2.75) is 19.8 Å². The third-order valence-corrected chi connectivity index (χ3v) is 6.19. The molecular weight excluding hydrogens is 532 g/mol. The van der Waals surface area contributed by atoms with E-state index in [4.69, 9.17) is 0 Å². The molecule has 0 aliphatic carbocycles. The highest BCUT2D eigenvalue weighted by Crippen LogP contribution is 2.27. The Kier molecular flexibility index (Phi) is 8.12. The number of hydrogen-bond acceptors (Lipinski definition) is 5. The molecule has 0 radical (unpaired) electrons. The van der Waals surface area contributed by atoms with Crippen LogP contribution in [0, 0.1) is 0 Å². The molecule has 0 spiro atoms. The van der Waals surface area contributed by atoms with Crippen molar-refractivity contribution >= 4 is 60.1 Å². The molecule has 2 amide bonds. The molecule has 30 heavy (non-hydrogen) atoms. The molecule has 156 valence electrons. The van der Waals surface area contributed by atoms with Gasteiger partial charge in [-0.05, 0) is 42.8 Å². The van der Waals surface area contributed by atoms with Gasteiger partial charge in [-0.3, -0.25) is 9.59 Å². The standard InChI is InChI=1S/C21H20Br2N4O2S/c1-2-12-27(20(29)15-5-9-17(23)10-6-15)13-11-18(28)24-21-26-25-19(30-21)14-3-7-16(22)8-4-14/h3-10H,2,11-13H2,1H3,(H,24,26,28). The molecule has 0 aliphatic heterocycles. The number of carbonyl (C=O) groups is 2. The monoisotopic (exact) mass is 550 g/mol. The maximum Gasteiger partial charge on any atom is 0.253 e. The minimum atomic E-state index is -0.196. The minimum Gasteiger partial charge on any atom is -0.338 e. The van der Waals surface area contributed by atoms with Crippen molar-refractivity contribution in [2.24, 2.45) is 0 Å². The lowest BCUT2D eigenvalue weighted by atomic mass is 10.2. The van der Waals surface area contributed by atoms with Crippen LogP contribution in [0.2, 0.25) is 0 Å². The number of aromatic nitrogens is 2. The summed E-state index contributed by atoms with van der Waals surface area (Å²) in [7, 11) is 0. The number of halogens is 2. The zero-order chi connectivity index (χ0) is 21.5. The van der Waals surface area contributed by atoms with Gasteiger partial charge in [-0.2, -0.15) is 0 Å². The van der Waals surface area contributed by atoms with Crippen molar-refractivity contribution in [3.63, 3.8) is 0 Å². The smallest absolute Gasteiger partial charge is 0.253 e. The second-order valence-corrected chi connectivity index (χ2v) is 9.33. The molecule has 0 fully saturated rings. The van der Waals surface area contributed by atoms with Crippen LogP contribution >= 0.6 is 43.2 Å². The average molecular weight is 552 g/mol. The Morgan fingerprint density at radius 1 is 0.967 bits per heavy atom. The van der Waals surface area contributed by atoms with Gasteiger partial charge < -0.3 is 10.2 Å². The van der Waals surface area contributed by atoms with Crippen molar-refractivity contribution in [2.75, 3.05) is 18.4 Å². The van der Waals surface area contributed by atoms with Gasteiger partial charge in [0.05, 0.1) is 0 Å². The number of rotatable bonds is 8. The summed E-state index contributed by atoms with van der Waals surface area (Å²) in [6.45, 7) is 2.94. The Morgan fingerprint density at radius 2 is 1.60 bits per heavy atom. The van der Waals surface area contributed by atoms with E-state index in [1.54, 1.807) is 17.0 Å². The first kappa shape index (κ1) is 22.6. The summed E-state index contributed by atoms with van der Waals surface area (Å²) in [5.41, 5.74) is 1.54. The molecule has 1 N–H and O–H groups in total. The van der Waals surface area contributed by atoms with Gasteiger partial charge in [0.1, 0.15) is 5.01 Å². The van der Waals surface area contributed by atoms with E-state index < -0.39 is 0 Å². The summed E-state index contributed by atoms with van der Waals surface area (Å²) in [6.07, 6.45) is 1.01. The van der Waals surface area contributed by atoms with Crippen molar-refractivity contribution in [1.29, 1.82) is 0 Å². The lowest BCUT2D eigenvalue weighted by molar-refractivity contribution is -0.116. The van der Waals surface area contributed by atoms with Gasteiger partial charge in [0.2, 0.25) is 11.0 Å². The molecule has 0 saturated heterocycles. The number of amides is 2. The van der Waals surface area contributed by atoms with Crippen LogP contribution in [0.3, 0.4) is 0 Å². The summed E-state index contributed by atoms with van der Waals surface area (Å²) in [5, 5.41) is 12.1. The second kappa shape index (κ2) is 10.8. The highest BCUT2D eigenvalue weighted by atomic mass is 79.9. The van der Waals surface area contributed by atoms with E-state index >= 15 is 0 Å². The maximum atomic E-state index is 12.8. The Labute approximate surface area is 196 Å². The summed E-state index contributed by atoms with van der Waals surface area (Å²) in [4.78, 5) is 26.9.